The summed E-state index contributed by atoms with van der Waals surface area (Å²) in [5, 5.41) is 5.56. The number of hydrogen-bond acceptors (Lipinski definition) is 7. The number of aryl methyl sites for hydroxylation is 2. The van der Waals surface area contributed by atoms with Crippen molar-refractivity contribution in [2.75, 3.05) is 4.90 Å². The molecule has 8 heteroatoms. The van der Waals surface area contributed by atoms with Crippen LogP contribution in [0.4, 0.5) is 17.1 Å². The largest absolute Gasteiger partial charge is 0.469 e. The maximum atomic E-state index is 6.99. The van der Waals surface area contributed by atoms with Crippen molar-refractivity contribution in [1.82, 2.24) is 15.0 Å². The van der Waals surface area contributed by atoms with Crippen molar-refractivity contribution < 1.29 is 8.83 Å². The van der Waals surface area contributed by atoms with E-state index in [1.165, 1.54) is 10.1 Å². The number of hydrogen-bond donors (Lipinski definition) is 0. The average molecular weight is 877 g/mol. The van der Waals surface area contributed by atoms with E-state index in [9.17, 15) is 0 Å². The van der Waals surface area contributed by atoms with Crippen LogP contribution in [0.2, 0.25) is 0 Å². The van der Waals surface area contributed by atoms with Gasteiger partial charge in [-0.25, -0.2) is 15.0 Å². The molecule has 0 radical (unpaired) electrons. The number of thiophene rings is 1. The van der Waals surface area contributed by atoms with Crippen LogP contribution in [0, 0.1) is 13.8 Å². The Kier molecular flexibility index (Phi) is 8.27. The predicted molar refractivity (Wildman–Crippen MR) is 276 cm³/mol. The van der Waals surface area contributed by atoms with E-state index in [1.54, 1.807) is 11.3 Å². The normalized spacial score (nSPS) is 12.6. The summed E-state index contributed by atoms with van der Waals surface area (Å²) >= 11 is 1.75. The molecule has 0 bridgehead atoms. The third-order valence-corrected chi connectivity index (χ3v) is 14.4. The van der Waals surface area contributed by atoms with Crippen LogP contribution in [0.1, 0.15) is 11.1 Å². The molecular formula is C59H37BN4O2S. The van der Waals surface area contributed by atoms with Gasteiger partial charge in [0.2, 0.25) is 0 Å². The maximum absolute atomic E-state index is 6.99. The molecular weight excluding hydrogens is 840 g/mol. The van der Waals surface area contributed by atoms with Crippen molar-refractivity contribution in [3.05, 3.63) is 198 Å². The first-order valence-electron chi connectivity index (χ1n) is 22.6. The summed E-state index contributed by atoms with van der Waals surface area (Å²) in [6, 6.07) is 64.2. The van der Waals surface area contributed by atoms with Gasteiger partial charge >= 0.3 is 6.71 Å². The first-order valence-corrected chi connectivity index (χ1v) is 23.5. The molecule has 14 rings (SSSR count). The first-order chi connectivity index (χ1) is 33.0. The molecule has 0 spiro atoms. The van der Waals surface area contributed by atoms with Gasteiger partial charge in [-0.1, -0.05) is 126 Å². The summed E-state index contributed by atoms with van der Waals surface area (Å²) < 4.78 is 15.1. The Morgan fingerprint density at radius 2 is 0.970 bits per heavy atom. The molecule has 0 saturated carbocycles. The molecule has 0 amide bonds. The highest BCUT2D eigenvalue weighted by Crippen LogP contribution is 2.50. The van der Waals surface area contributed by atoms with E-state index < -0.39 is 0 Å². The number of nitrogens with zero attached hydrogens (tertiary/aromatic N) is 4. The predicted octanol–water partition coefficient (Wildman–Crippen LogP) is 13.8. The van der Waals surface area contributed by atoms with Crippen molar-refractivity contribution in [3.63, 3.8) is 0 Å². The van der Waals surface area contributed by atoms with Gasteiger partial charge in [-0.15, -0.1) is 11.3 Å². The molecule has 6 nitrogen and oxygen atoms in total. The lowest BCUT2D eigenvalue weighted by Crippen LogP contribution is -2.53. The van der Waals surface area contributed by atoms with Gasteiger partial charge in [-0.05, 0) is 114 Å². The van der Waals surface area contributed by atoms with Crippen LogP contribution < -0.4 is 21.7 Å². The van der Waals surface area contributed by atoms with E-state index in [4.69, 9.17) is 23.8 Å². The Balaban J connectivity index is 1.07. The van der Waals surface area contributed by atoms with Gasteiger partial charge in [0.05, 0.1) is 17.0 Å². The molecule has 6 heterocycles. The lowest BCUT2D eigenvalue weighted by atomic mass is 9.41. The standard InChI is InChI=1S/C59H37BN4O2S/c1-34-25-35(2)27-40(26-34)57-61-58(41-29-38(36-15-5-3-6-16-36)28-39(30-41)37-17-7-4-8-18-37)63-59(62-57)42-31-46-52-44-20-9-12-22-49(44)65-55(52)60-53(46)47(32-42)64(48-33-67-51-24-14-11-19-43(48)51)54-45-21-10-13-23-50(45)66-56(54)60/h3-33H,1-2H3. The number of furan rings is 2. The molecule has 12 aromatic rings. The maximum Gasteiger partial charge on any atom is 0.338 e. The summed E-state index contributed by atoms with van der Waals surface area (Å²) in [6.07, 6.45) is 0. The van der Waals surface area contributed by atoms with Gasteiger partial charge in [-0.3, -0.25) is 0 Å². The third-order valence-electron chi connectivity index (χ3n) is 13.4. The highest BCUT2D eigenvalue weighted by molar-refractivity contribution is 7.17. The van der Waals surface area contributed by atoms with Gasteiger partial charge in [0.1, 0.15) is 16.8 Å². The number of para-hydroxylation sites is 2. The summed E-state index contributed by atoms with van der Waals surface area (Å²) in [6.45, 7) is 3.99. The number of anilines is 3. The van der Waals surface area contributed by atoms with Crippen LogP contribution in [0.3, 0.4) is 0 Å². The zero-order valence-corrected chi connectivity index (χ0v) is 37.3. The Morgan fingerprint density at radius 1 is 0.448 bits per heavy atom. The fourth-order valence-corrected chi connectivity index (χ4v) is 11.5. The Hall–Kier alpha value is -8.33. The molecule has 2 aliphatic rings. The molecule has 0 atom stereocenters. The van der Waals surface area contributed by atoms with Gasteiger partial charge in [-0.2, -0.15) is 0 Å². The molecule has 0 saturated heterocycles. The highest BCUT2D eigenvalue weighted by atomic mass is 32.1. The van der Waals surface area contributed by atoms with E-state index in [0.717, 1.165) is 117 Å². The van der Waals surface area contributed by atoms with E-state index >= 15 is 0 Å². The Bertz CT molecular complexity index is 3910. The minimum atomic E-state index is -0.262. The number of benzene rings is 8. The number of aromatic nitrogens is 3. The Morgan fingerprint density at radius 3 is 1.64 bits per heavy atom. The summed E-state index contributed by atoms with van der Waals surface area (Å²) in [7, 11) is 0. The molecule has 67 heavy (non-hydrogen) atoms. The lowest BCUT2D eigenvalue weighted by molar-refractivity contribution is 0.639. The van der Waals surface area contributed by atoms with E-state index in [0.29, 0.717) is 17.5 Å². The number of rotatable bonds is 6. The van der Waals surface area contributed by atoms with Crippen molar-refractivity contribution in [2.45, 2.75) is 13.8 Å². The van der Waals surface area contributed by atoms with Crippen LogP contribution in [-0.4, -0.2) is 21.7 Å². The molecule has 0 aliphatic carbocycles. The van der Waals surface area contributed by atoms with Crippen LogP contribution in [0.5, 0.6) is 0 Å². The molecule has 0 fully saturated rings. The van der Waals surface area contributed by atoms with E-state index in [2.05, 4.69) is 194 Å². The van der Waals surface area contributed by atoms with Crippen molar-refractivity contribution in [2.24, 2.45) is 0 Å². The lowest BCUT2D eigenvalue weighted by Gasteiger charge is -2.33. The van der Waals surface area contributed by atoms with E-state index in [-0.39, 0.29) is 6.71 Å². The SMILES string of the molecule is Cc1cc(C)cc(-c2nc(-c3cc(-c4ccccc4)cc(-c4ccccc4)c3)nc(-c3cc4c5c(c3)N(c3csc6ccccc36)c3c(oc6ccccc36)B5c3oc5ccccc5c3-4)n2)c1. The minimum absolute atomic E-state index is 0.262. The zero-order chi connectivity index (χ0) is 44.3. The van der Waals surface area contributed by atoms with Crippen molar-refractivity contribution >= 4 is 83.9 Å². The second-order valence-corrected chi connectivity index (χ2v) is 18.6. The monoisotopic (exact) mass is 876 g/mol. The van der Waals surface area contributed by atoms with E-state index in [1.807, 2.05) is 12.1 Å². The third kappa shape index (κ3) is 5.93. The zero-order valence-electron chi connectivity index (χ0n) is 36.5. The molecule has 2 aliphatic heterocycles. The second kappa shape index (κ2) is 14.6. The molecule has 0 N–H and O–H groups in total. The topological polar surface area (TPSA) is 68.2 Å². The number of fused-ring (bicyclic) bond motifs is 10. The molecule has 8 aromatic carbocycles. The average Bonchev–Trinajstić information content (AvgIpc) is 4.15. The molecule has 314 valence electrons. The van der Waals surface area contributed by atoms with Crippen LogP contribution in [0.15, 0.2) is 196 Å². The highest BCUT2D eigenvalue weighted by Gasteiger charge is 2.50. The summed E-state index contributed by atoms with van der Waals surface area (Å²) in [5.74, 6) is 1.79. The first kappa shape index (κ1) is 38.0. The molecule has 0 unspecified atom stereocenters. The minimum Gasteiger partial charge on any atom is -0.469 e. The molecule has 4 aromatic heterocycles. The summed E-state index contributed by atoms with van der Waals surface area (Å²) in [5.41, 5.74) is 19.3. The second-order valence-electron chi connectivity index (χ2n) is 17.7. The van der Waals surface area contributed by atoms with Gasteiger partial charge in [0, 0.05) is 54.2 Å². The van der Waals surface area contributed by atoms with Gasteiger partial charge in [0.15, 0.2) is 17.5 Å². The van der Waals surface area contributed by atoms with Gasteiger partial charge in [0.25, 0.3) is 0 Å². The smallest absolute Gasteiger partial charge is 0.338 e. The van der Waals surface area contributed by atoms with Crippen LogP contribution in [0.25, 0.3) is 99.6 Å². The van der Waals surface area contributed by atoms with Crippen LogP contribution >= 0.6 is 11.3 Å². The van der Waals surface area contributed by atoms with Gasteiger partial charge < -0.3 is 13.7 Å². The van der Waals surface area contributed by atoms with Crippen LogP contribution in [-0.2, 0) is 0 Å². The Labute approximate surface area is 390 Å². The summed E-state index contributed by atoms with van der Waals surface area (Å²) in [4.78, 5) is 18.7. The van der Waals surface area contributed by atoms with Crippen molar-refractivity contribution in [3.8, 4) is 67.5 Å². The fraction of sp³-hybridized carbons (Fsp3) is 0.0339. The fourth-order valence-electron chi connectivity index (χ4n) is 10.6. The quantitative estimate of drug-likeness (QED) is 0.155. The van der Waals surface area contributed by atoms with Crippen molar-refractivity contribution in [1.29, 1.82) is 0 Å².